The van der Waals surface area contributed by atoms with Crippen LogP contribution >= 0.6 is 0 Å². The van der Waals surface area contributed by atoms with Crippen molar-refractivity contribution in [2.24, 2.45) is 0 Å². The molecule has 0 bridgehead atoms. The molecule has 24 heavy (non-hydrogen) atoms. The van der Waals surface area contributed by atoms with Crippen LogP contribution in [0.15, 0.2) is 54.6 Å². The highest BCUT2D eigenvalue weighted by molar-refractivity contribution is 5.89. The second-order valence-corrected chi connectivity index (χ2v) is 5.03. The van der Waals surface area contributed by atoms with E-state index >= 15 is 0 Å². The fourth-order valence-corrected chi connectivity index (χ4v) is 2.16. The predicted molar refractivity (Wildman–Crippen MR) is 84.0 cm³/mol. The van der Waals surface area contributed by atoms with E-state index in [9.17, 15) is 9.59 Å². The van der Waals surface area contributed by atoms with Gasteiger partial charge in [-0.25, -0.2) is 9.59 Å². The van der Waals surface area contributed by atoms with Crippen LogP contribution in [0.25, 0.3) is 0 Å². The second-order valence-electron chi connectivity index (χ2n) is 5.03. The Labute approximate surface area is 138 Å². The summed E-state index contributed by atoms with van der Waals surface area (Å²) in [6.45, 7) is 0.0161. The standard InChI is InChI=1S/C18H16O6/c19-17(13-6-2-1-3-7-13)21-10-11-22-18(20)16-12-23-14-8-4-5-9-15(14)24-16/h1-9,16H,10-12H2/t16-/m1/s1. The third-order valence-electron chi connectivity index (χ3n) is 3.34. The molecule has 6 nitrogen and oxygen atoms in total. The first-order valence-electron chi connectivity index (χ1n) is 7.51. The normalized spacial score (nSPS) is 15.4. The van der Waals surface area contributed by atoms with Gasteiger partial charge in [-0.05, 0) is 24.3 Å². The Hall–Kier alpha value is -3.02. The Morgan fingerprint density at radius 2 is 1.58 bits per heavy atom. The van der Waals surface area contributed by atoms with E-state index in [1.54, 1.807) is 42.5 Å². The molecule has 0 saturated carbocycles. The average Bonchev–Trinajstić information content (AvgIpc) is 2.65. The summed E-state index contributed by atoms with van der Waals surface area (Å²) in [6, 6.07) is 15.7. The van der Waals surface area contributed by atoms with Crippen LogP contribution in [0.4, 0.5) is 0 Å². The summed E-state index contributed by atoms with van der Waals surface area (Å²) in [5, 5.41) is 0. The molecule has 1 atom stereocenters. The molecule has 1 aliphatic heterocycles. The van der Waals surface area contributed by atoms with Crippen molar-refractivity contribution in [2.45, 2.75) is 6.10 Å². The molecule has 2 aromatic carbocycles. The Morgan fingerprint density at radius 3 is 2.38 bits per heavy atom. The summed E-state index contributed by atoms with van der Waals surface area (Å²) in [4.78, 5) is 23.7. The van der Waals surface area contributed by atoms with Crippen molar-refractivity contribution in [3.05, 3.63) is 60.2 Å². The molecule has 0 spiro atoms. The lowest BCUT2D eigenvalue weighted by Crippen LogP contribution is -2.38. The second kappa shape index (κ2) is 7.50. The highest BCUT2D eigenvalue weighted by Crippen LogP contribution is 2.31. The van der Waals surface area contributed by atoms with E-state index in [0.29, 0.717) is 17.1 Å². The summed E-state index contributed by atoms with van der Waals surface area (Å²) in [6.07, 6.45) is -0.829. The minimum absolute atomic E-state index is 0.0242. The number of hydrogen-bond acceptors (Lipinski definition) is 6. The van der Waals surface area contributed by atoms with Gasteiger partial charge in [0, 0.05) is 0 Å². The summed E-state index contributed by atoms with van der Waals surface area (Å²) in [7, 11) is 0. The zero-order valence-corrected chi connectivity index (χ0v) is 12.8. The molecule has 3 rings (SSSR count). The summed E-state index contributed by atoms with van der Waals surface area (Å²) >= 11 is 0. The van der Waals surface area contributed by atoms with Gasteiger partial charge in [0.05, 0.1) is 5.56 Å². The number of fused-ring (bicyclic) bond motifs is 1. The molecule has 0 N–H and O–H groups in total. The number of para-hydroxylation sites is 2. The maximum absolute atomic E-state index is 12.0. The highest BCUT2D eigenvalue weighted by atomic mass is 16.6. The average molecular weight is 328 g/mol. The van der Waals surface area contributed by atoms with Crippen LogP contribution in [-0.4, -0.2) is 37.9 Å². The van der Waals surface area contributed by atoms with Crippen molar-refractivity contribution in [1.82, 2.24) is 0 Å². The van der Waals surface area contributed by atoms with E-state index in [0.717, 1.165) is 0 Å². The third kappa shape index (κ3) is 3.84. The minimum atomic E-state index is -0.829. The third-order valence-corrected chi connectivity index (χ3v) is 3.34. The maximum atomic E-state index is 12.0. The zero-order chi connectivity index (χ0) is 16.8. The molecule has 0 aliphatic carbocycles. The number of benzene rings is 2. The molecule has 2 aromatic rings. The molecule has 0 saturated heterocycles. The molecular weight excluding hydrogens is 312 g/mol. The number of rotatable bonds is 5. The number of ether oxygens (including phenoxy) is 4. The van der Waals surface area contributed by atoms with Gasteiger partial charge in [-0.15, -0.1) is 0 Å². The molecule has 0 radical (unpaired) electrons. The largest absolute Gasteiger partial charge is 0.485 e. The van der Waals surface area contributed by atoms with Gasteiger partial charge in [-0.2, -0.15) is 0 Å². The Kier molecular flexibility index (Phi) is 4.96. The molecule has 1 heterocycles. The van der Waals surface area contributed by atoms with Crippen LogP contribution in [0.5, 0.6) is 11.5 Å². The van der Waals surface area contributed by atoms with Crippen molar-refractivity contribution >= 4 is 11.9 Å². The summed E-state index contributed by atoms with van der Waals surface area (Å²) in [5.41, 5.74) is 0.449. The monoisotopic (exact) mass is 328 g/mol. The van der Waals surface area contributed by atoms with Gasteiger partial charge in [0.2, 0.25) is 6.10 Å². The number of carbonyl (C=O) groups is 2. The fraction of sp³-hybridized carbons (Fsp3) is 0.222. The van der Waals surface area contributed by atoms with Crippen LogP contribution in [0.3, 0.4) is 0 Å². The lowest BCUT2D eigenvalue weighted by Gasteiger charge is -2.24. The topological polar surface area (TPSA) is 71.1 Å². The van der Waals surface area contributed by atoms with Crippen molar-refractivity contribution < 1.29 is 28.5 Å². The minimum Gasteiger partial charge on any atom is -0.485 e. The van der Waals surface area contributed by atoms with Crippen molar-refractivity contribution in [3.8, 4) is 11.5 Å². The molecule has 0 aromatic heterocycles. The van der Waals surface area contributed by atoms with E-state index in [-0.39, 0.29) is 19.8 Å². The first-order chi connectivity index (χ1) is 11.7. The summed E-state index contributed by atoms with van der Waals surface area (Å²) in [5.74, 6) is 0.0811. The highest BCUT2D eigenvalue weighted by Gasteiger charge is 2.28. The van der Waals surface area contributed by atoms with E-state index < -0.39 is 18.0 Å². The van der Waals surface area contributed by atoms with Crippen LogP contribution in [0.1, 0.15) is 10.4 Å². The van der Waals surface area contributed by atoms with Gasteiger partial charge >= 0.3 is 11.9 Å². The SMILES string of the molecule is O=C(OCCOC(=O)[C@H]1COc2ccccc2O1)c1ccccc1. The van der Waals surface area contributed by atoms with Gasteiger partial charge in [0.25, 0.3) is 0 Å². The van der Waals surface area contributed by atoms with Crippen LogP contribution in [-0.2, 0) is 14.3 Å². The molecular formula is C18H16O6. The van der Waals surface area contributed by atoms with E-state index in [2.05, 4.69) is 0 Å². The molecule has 1 aliphatic rings. The Balaban J connectivity index is 1.41. The van der Waals surface area contributed by atoms with Crippen LogP contribution < -0.4 is 9.47 Å². The molecule has 124 valence electrons. The lowest BCUT2D eigenvalue weighted by molar-refractivity contribution is -0.155. The van der Waals surface area contributed by atoms with Gasteiger partial charge in [0.15, 0.2) is 11.5 Å². The predicted octanol–water partition coefficient (Wildman–Crippen LogP) is 2.23. The first kappa shape index (κ1) is 15.9. The molecule has 6 heteroatoms. The maximum Gasteiger partial charge on any atom is 0.351 e. The Bertz CT molecular complexity index is 712. The van der Waals surface area contributed by atoms with E-state index in [1.807, 2.05) is 12.1 Å². The first-order valence-corrected chi connectivity index (χ1v) is 7.51. The van der Waals surface area contributed by atoms with Gasteiger partial charge in [-0.1, -0.05) is 30.3 Å². The van der Waals surface area contributed by atoms with Crippen LogP contribution in [0, 0.1) is 0 Å². The van der Waals surface area contributed by atoms with Gasteiger partial charge < -0.3 is 18.9 Å². The quantitative estimate of drug-likeness (QED) is 0.619. The van der Waals surface area contributed by atoms with Crippen LogP contribution in [0.2, 0.25) is 0 Å². The number of carbonyl (C=O) groups excluding carboxylic acids is 2. The number of hydrogen-bond donors (Lipinski definition) is 0. The lowest BCUT2D eigenvalue weighted by atomic mass is 10.2. The van der Waals surface area contributed by atoms with Crippen molar-refractivity contribution in [3.63, 3.8) is 0 Å². The summed E-state index contributed by atoms with van der Waals surface area (Å²) < 4.78 is 21.1. The smallest absolute Gasteiger partial charge is 0.351 e. The fourth-order valence-electron chi connectivity index (χ4n) is 2.16. The van der Waals surface area contributed by atoms with Gasteiger partial charge in [0.1, 0.15) is 19.8 Å². The van der Waals surface area contributed by atoms with Crippen molar-refractivity contribution in [2.75, 3.05) is 19.8 Å². The van der Waals surface area contributed by atoms with Crippen molar-refractivity contribution in [1.29, 1.82) is 0 Å². The van der Waals surface area contributed by atoms with E-state index in [4.69, 9.17) is 18.9 Å². The number of esters is 2. The molecule has 0 fully saturated rings. The Morgan fingerprint density at radius 1 is 0.917 bits per heavy atom. The van der Waals surface area contributed by atoms with Gasteiger partial charge in [-0.3, -0.25) is 0 Å². The molecule has 0 unspecified atom stereocenters. The van der Waals surface area contributed by atoms with E-state index in [1.165, 1.54) is 0 Å². The molecule has 0 amide bonds. The zero-order valence-electron chi connectivity index (χ0n) is 12.8.